The number of nitrogens with zero attached hydrogens (tertiary/aromatic N) is 1. The summed E-state index contributed by atoms with van der Waals surface area (Å²) >= 11 is 3.50. The number of Topliss-reactive ketones (excluding diaryl/α,β-unsaturated/α-hetero) is 1. The summed E-state index contributed by atoms with van der Waals surface area (Å²) in [6, 6.07) is 3.79. The molecule has 0 aromatic heterocycles. The fourth-order valence-electron chi connectivity index (χ4n) is 5.73. The standard InChI is InChI=1S/C23H29BrN2O5/c1-5-13-11-26-9-8-23(18(26)10-14(13)15(12-29-2)22(28)31-4)21(27)19-17(25-23)7-6-16(24)20(19)30-3/h6-7,12-14,18,25H,5,8-11H2,1-4H3/b15-12+/t13-,14+,18+,23+/m1/s1. The summed E-state index contributed by atoms with van der Waals surface area (Å²) in [6.45, 7) is 3.81. The number of piperidine rings is 1. The second-order valence-corrected chi connectivity index (χ2v) is 9.35. The van der Waals surface area contributed by atoms with E-state index in [1.54, 1.807) is 14.2 Å². The third-order valence-electron chi connectivity index (χ3n) is 7.21. The molecule has 168 valence electrons. The minimum absolute atomic E-state index is 0.0337. The van der Waals surface area contributed by atoms with Gasteiger partial charge in [0.2, 0.25) is 0 Å². The summed E-state index contributed by atoms with van der Waals surface area (Å²) in [5.74, 6) is 0.510. The first-order chi connectivity index (χ1) is 14.9. The summed E-state index contributed by atoms with van der Waals surface area (Å²) in [5, 5.41) is 3.57. The Morgan fingerprint density at radius 3 is 2.77 bits per heavy atom. The number of ether oxygens (including phenoxy) is 3. The molecule has 3 aliphatic heterocycles. The van der Waals surface area contributed by atoms with Gasteiger partial charge >= 0.3 is 5.97 Å². The van der Waals surface area contributed by atoms with Gasteiger partial charge in [0.25, 0.3) is 0 Å². The molecule has 4 rings (SSSR count). The van der Waals surface area contributed by atoms with Gasteiger partial charge in [-0.25, -0.2) is 4.79 Å². The number of rotatable bonds is 5. The van der Waals surface area contributed by atoms with Crippen molar-refractivity contribution in [2.45, 2.75) is 37.8 Å². The van der Waals surface area contributed by atoms with E-state index in [4.69, 9.17) is 14.2 Å². The minimum atomic E-state index is -0.721. The van der Waals surface area contributed by atoms with Gasteiger partial charge in [-0.2, -0.15) is 0 Å². The van der Waals surface area contributed by atoms with E-state index in [-0.39, 0.29) is 29.6 Å². The highest BCUT2D eigenvalue weighted by Crippen LogP contribution is 2.51. The molecule has 1 N–H and O–H groups in total. The molecule has 3 heterocycles. The van der Waals surface area contributed by atoms with Crippen molar-refractivity contribution in [2.75, 3.05) is 39.7 Å². The van der Waals surface area contributed by atoms with E-state index >= 15 is 0 Å². The van der Waals surface area contributed by atoms with Crippen LogP contribution in [0.2, 0.25) is 0 Å². The lowest BCUT2D eigenvalue weighted by molar-refractivity contribution is -0.137. The first kappa shape index (κ1) is 22.1. The van der Waals surface area contributed by atoms with Crippen molar-refractivity contribution in [1.82, 2.24) is 4.90 Å². The lowest BCUT2D eigenvalue weighted by Gasteiger charge is -2.45. The largest absolute Gasteiger partial charge is 0.504 e. The first-order valence-electron chi connectivity index (χ1n) is 10.7. The van der Waals surface area contributed by atoms with E-state index in [1.165, 1.54) is 13.4 Å². The number of halogens is 1. The lowest BCUT2D eigenvalue weighted by Crippen LogP contribution is -2.57. The Morgan fingerprint density at radius 1 is 1.35 bits per heavy atom. The predicted molar refractivity (Wildman–Crippen MR) is 120 cm³/mol. The summed E-state index contributed by atoms with van der Waals surface area (Å²) in [7, 11) is 4.51. The van der Waals surface area contributed by atoms with E-state index in [9.17, 15) is 9.59 Å². The van der Waals surface area contributed by atoms with Crippen molar-refractivity contribution in [2.24, 2.45) is 11.8 Å². The molecule has 7 nitrogen and oxygen atoms in total. The molecule has 0 saturated carbocycles. The second-order valence-electron chi connectivity index (χ2n) is 8.50. The molecule has 8 heteroatoms. The Bertz CT molecular complexity index is 933. The number of nitrogens with one attached hydrogen (secondary N) is 1. The zero-order chi connectivity index (χ0) is 22.3. The van der Waals surface area contributed by atoms with Gasteiger partial charge in [0.15, 0.2) is 5.78 Å². The molecule has 0 unspecified atom stereocenters. The average Bonchev–Trinajstić information content (AvgIpc) is 3.28. The maximum absolute atomic E-state index is 13.8. The number of hydrogen-bond donors (Lipinski definition) is 1. The maximum atomic E-state index is 13.8. The molecule has 2 saturated heterocycles. The van der Waals surface area contributed by atoms with Crippen LogP contribution >= 0.6 is 15.9 Å². The van der Waals surface area contributed by atoms with Crippen LogP contribution in [-0.4, -0.2) is 62.7 Å². The summed E-state index contributed by atoms with van der Waals surface area (Å²) in [6.07, 6.45) is 3.84. The Balaban J connectivity index is 1.72. The zero-order valence-corrected chi connectivity index (χ0v) is 20.0. The number of methoxy groups -OCH3 is 3. The van der Waals surface area contributed by atoms with Gasteiger partial charge < -0.3 is 19.5 Å². The van der Waals surface area contributed by atoms with Crippen LogP contribution in [-0.2, 0) is 14.3 Å². The number of fused-ring (bicyclic) bond motifs is 3. The van der Waals surface area contributed by atoms with Gasteiger partial charge in [-0.15, -0.1) is 0 Å². The monoisotopic (exact) mass is 492 g/mol. The van der Waals surface area contributed by atoms with Crippen molar-refractivity contribution in [3.63, 3.8) is 0 Å². The van der Waals surface area contributed by atoms with Crippen molar-refractivity contribution in [3.8, 4) is 5.75 Å². The SMILES string of the molecule is CC[C@@H]1CN2CC[C@]3(Nc4ccc(Br)c(OC)c4C3=O)[C@@H]2C[C@@H]1/C(=C\OC)C(=O)OC. The molecule has 1 spiro atoms. The number of carbonyl (C=O) groups is 2. The maximum Gasteiger partial charge on any atom is 0.337 e. The van der Waals surface area contributed by atoms with Crippen LogP contribution in [0.1, 0.15) is 36.5 Å². The summed E-state index contributed by atoms with van der Waals surface area (Å²) < 4.78 is 16.6. The second kappa shape index (κ2) is 8.47. The highest BCUT2D eigenvalue weighted by molar-refractivity contribution is 9.10. The molecule has 0 radical (unpaired) electrons. The van der Waals surface area contributed by atoms with Crippen LogP contribution in [0, 0.1) is 11.8 Å². The zero-order valence-electron chi connectivity index (χ0n) is 18.4. The smallest absolute Gasteiger partial charge is 0.337 e. The van der Waals surface area contributed by atoms with Crippen molar-refractivity contribution in [1.29, 1.82) is 0 Å². The Kier molecular flexibility index (Phi) is 6.05. The highest BCUT2D eigenvalue weighted by Gasteiger charge is 2.60. The molecular formula is C23H29BrN2O5. The van der Waals surface area contributed by atoms with Crippen molar-refractivity contribution >= 4 is 33.4 Å². The highest BCUT2D eigenvalue weighted by atomic mass is 79.9. The Labute approximate surface area is 191 Å². The number of hydrogen-bond acceptors (Lipinski definition) is 7. The van der Waals surface area contributed by atoms with Crippen molar-refractivity contribution < 1.29 is 23.8 Å². The predicted octanol–water partition coefficient (Wildman–Crippen LogP) is 3.63. The molecule has 2 fully saturated rings. The van der Waals surface area contributed by atoms with E-state index in [0.717, 1.165) is 36.1 Å². The van der Waals surface area contributed by atoms with Crippen LogP contribution in [0.25, 0.3) is 0 Å². The number of anilines is 1. The average molecular weight is 493 g/mol. The molecule has 0 aliphatic carbocycles. The molecule has 1 aromatic carbocycles. The molecule has 31 heavy (non-hydrogen) atoms. The molecule has 1 aromatic rings. The number of benzene rings is 1. The van der Waals surface area contributed by atoms with Crippen molar-refractivity contribution in [3.05, 3.63) is 34.0 Å². The van der Waals surface area contributed by atoms with Crippen LogP contribution in [0.15, 0.2) is 28.4 Å². The fraction of sp³-hybridized carbons (Fsp3) is 0.565. The Morgan fingerprint density at radius 2 is 2.13 bits per heavy atom. The van der Waals surface area contributed by atoms with Gasteiger partial charge in [-0.3, -0.25) is 9.69 Å². The van der Waals surface area contributed by atoms with E-state index in [1.807, 2.05) is 12.1 Å². The Hall–Kier alpha value is -2.06. The van der Waals surface area contributed by atoms with Gasteiger partial charge in [0.05, 0.1) is 43.2 Å². The van der Waals surface area contributed by atoms with Crippen LogP contribution in [0.3, 0.4) is 0 Å². The van der Waals surface area contributed by atoms with Crippen LogP contribution in [0.5, 0.6) is 5.75 Å². The molecule has 4 atom stereocenters. The normalized spacial score (nSPS) is 30.0. The number of carbonyl (C=O) groups excluding carboxylic acids is 2. The minimum Gasteiger partial charge on any atom is -0.504 e. The van der Waals surface area contributed by atoms with Gasteiger partial charge in [0.1, 0.15) is 11.3 Å². The topological polar surface area (TPSA) is 77.1 Å². The summed E-state index contributed by atoms with van der Waals surface area (Å²) in [5.41, 5.74) is 1.24. The van der Waals surface area contributed by atoms with E-state index < -0.39 is 5.54 Å². The van der Waals surface area contributed by atoms with E-state index in [0.29, 0.717) is 23.3 Å². The van der Waals surface area contributed by atoms with Gasteiger partial charge in [-0.05, 0) is 52.7 Å². The molecule has 0 bridgehead atoms. The van der Waals surface area contributed by atoms with Gasteiger partial charge in [-0.1, -0.05) is 13.3 Å². The third kappa shape index (κ3) is 3.35. The summed E-state index contributed by atoms with van der Waals surface area (Å²) in [4.78, 5) is 28.8. The first-order valence-corrected chi connectivity index (χ1v) is 11.5. The van der Waals surface area contributed by atoms with Crippen LogP contribution < -0.4 is 10.1 Å². The third-order valence-corrected chi connectivity index (χ3v) is 7.84. The molecular weight excluding hydrogens is 464 g/mol. The molecule has 3 aliphatic rings. The quantitative estimate of drug-likeness (QED) is 0.382. The van der Waals surface area contributed by atoms with Crippen LogP contribution in [0.4, 0.5) is 5.69 Å². The van der Waals surface area contributed by atoms with Gasteiger partial charge in [0, 0.05) is 24.8 Å². The molecule has 0 amide bonds. The lowest BCUT2D eigenvalue weighted by atomic mass is 9.72. The van der Waals surface area contributed by atoms with E-state index in [2.05, 4.69) is 33.1 Å². The number of ketones is 1. The number of esters is 1. The fourth-order valence-corrected chi connectivity index (χ4v) is 6.22.